The number of carbonyl (C=O) groups is 3. The van der Waals surface area contributed by atoms with E-state index in [0.717, 1.165) is 30.4 Å². The molecule has 0 aromatic heterocycles. The zero-order chi connectivity index (χ0) is 20.4. The van der Waals surface area contributed by atoms with Gasteiger partial charge in [-0.2, -0.15) is 0 Å². The Morgan fingerprint density at radius 3 is 2.03 bits per heavy atom. The van der Waals surface area contributed by atoms with Crippen molar-refractivity contribution in [2.75, 3.05) is 13.7 Å². The van der Waals surface area contributed by atoms with Crippen LogP contribution in [0.25, 0.3) is 11.1 Å². The Morgan fingerprint density at radius 1 is 0.828 bits per heavy atom. The van der Waals surface area contributed by atoms with E-state index in [1.54, 1.807) is 12.1 Å². The fourth-order valence-electron chi connectivity index (χ4n) is 4.90. The van der Waals surface area contributed by atoms with Crippen molar-refractivity contribution in [2.45, 2.75) is 19.3 Å². The van der Waals surface area contributed by atoms with Gasteiger partial charge in [-0.25, -0.2) is 0 Å². The van der Waals surface area contributed by atoms with Gasteiger partial charge in [-0.1, -0.05) is 54.6 Å². The number of carbonyl (C=O) groups excluding carboxylic acids is 3. The second-order valence-corrected chi connectivity index (χ2v) is 7.88. The average molecular weight is 392 g/mol. The molecule has 2 aromatic rings. The maximum atomic E-state index is 12.7. The molecule has 0 N–H and O–H groups in total. The summed E-state index contributed by atoms with van der Waals surface area (Å²) < 4.78 is 10.2. The first-order valence-corrected chi connectivity index (χ1v) is 10.0. The molecule has 29 heavy (non-hydrogen) atoms. The van der Waals surface area contributed by atoms with Gasteiger partial charge in [0.15, 0.2) is 12.4 Å². The molecule has 0 saturated heterocycles. The van der Waals surface area contributed by atoms with Gasteiger partial charge in [-0.3, -0.25) is 14.4 Å². The van der Waals surface area contributed by atoms with E-state index in [-0.39, 0.29) is 30.2 Å². The van der Waals surface area contributed by atoms with E-state index >= 15 is 0 Å². The lowest BCUT2D eigenvalue weighted by Crippen LogP contribution is -2.37. The van der Waals surface area contributed by atoms with E-state index in [1.807, 2.05) is 42.5 Å². The van der Waals surface area contributed by atoms with Gasteiger partial charge in [0, 0.05) is 5.56 Å². The molecule has 2 saturated carbocycles. The summed E-state index contributed by atoms with van der Waals surface area (Å²) in [7, 11) is 1.35. The maximum absolute atomic E-state index is 12.7. The molecule has 2 aromatic carbocycles. The average Bonchev–Trinajstić information content (AvgIpc) is 3.39. The van der Waals surface area contributed by atoms with Gasteiger partial charge in [-0.05, 0) is 42.2 Å². The Bertz CT molecular complexity index is 903. The molecule has 0 heterocycles. The topological polar surface area (TPSA) is 69.7 Å². The highest BCUT2D eigenvalue weighted by Crippen LogP contribution is 2.53. The van der Waals surface area contributed by atoms with Crippen molar-refractivity contribution in [3.8, 4) is 11.1 Å². The number of ketones is 1. The molecular weight excluding hydrogens is 368 g/mol. The van der Waals surface area contributed by atoms with Gasteiger partial charge in [0.05, 0.1) is 18.9 Å². The summed E-state index contributed by atoms with van der Waals surface area (Å²) in [6.45, 7) is -0.314. The summed E-state index contributed by atoms with van der Waals surface area (Å²) in [5, 5.41) is 0. The second kappa shape index (κ2) is 8.19. The number of hydrogen-bond donors (Lipinski definition) is 0. The first-order chi connectivity index (χ1) is 14.1. The normalized spacial score (nSPS) is 24.9. The Balaban J connectivity index is 1.38. The Hall–Kier alpha value is -2.95. The van der Waals surface area contributed by atoms with Gasteiger partial charge in [-0.15, -0.1) is 0 Å². The van der Waals surface area contributed by atoms with Crippen LogP contribution in [0.3, 0.4) is 0 Å². The molecule has 150 valence electrons. The fraction of sp³-hybridized carbons (Fsp3) is 0.375. The van der Waals surface area contributed by atoms with Crippen LogP contribution in [0, 0.1) is 23.7 Å². The number of ether oxygens (including phenoxy) is 2. The molecule has 4 unspecified atom stereocenters. The number of fused-ring (bicyclic) bond motifs is 2. The summed E-state index contributed by atoms with van der Waals surface area (Å²) >= 11 is 0. The van der Waals surface area contributed by atoms with Crippen LogP contribution in [0.2, 0.25) is 0 Å². The molecule has 2 aliphatic carbocycles. The summed E-state index contributed by atoms with van der Waals surface area (Å²) in [5.74, 6) is -1.65. The largest absolute Gasteiger partial charge is 0.469 e. The van der Waals surface area contributed by atoms with Crippen LogP contribution in [0.15, 0.2) is 54.6 Å². The predicted molar refractivity (Wildman–Crippen MR) is 107 cm³/mol. The van der Waals surface area contributed by atoms with Crippen molar-refractivity contribution in [3.05, 3.63) is 60.2 Å². The molecule has 5 heteroatoms. The van der Waals surface area contributed by atoms with Crippen LogP contribution in [0.5, 0.6) is 0 Å². The molecule has 2 fully saturated rings. The first kappa shape index (κ1) is 19.4. The number of Topliss-reactive ketones (excluding diaryl/α,β-unsaturated/α-hetero) is 1. The number of rotatable bonds is 6. The van der Waals surface area contributed by atoms with Crippen LogP contribution in [-0.2, 0) is 19.1 Å². The molecule has 2 bridgehead atoms. The van der Waals surface area contributed by atoms with Gasteiger partial charge in [0.25, 0.3) is 0 Å². The molecule has 0 spiro atoms. The zero-order valence-corrected chi connectivity index (χ0v) is 16.4. The highest BCUT2D eigenvalue weighted by atomic mass is 16.5. The van der Waals surface area contributed by atoms with Crippen molar-refractivity contribution < 1.29 is 23.9 Å². The molecule has 0 radical (unpaired) electrons. The van der Waals surface area contributed by atoms with Gasteiger partial charge < -0.3 is 9.47 Å². The lowest BCUT2D eigenvalue weighted by Gasteiger charge is -2.27. The molecule has 2 aliphatic rings. The summed E-state index contributed by atoms with van der Waals surface area (Å²) in [4.78, 5) is 37.3. The van der Waals surface area contributed by atoms with Gasteiger partial charge in [0.1, 0.15) is 0 Å². The van der Waals surface area contributed by atoms with E-state index in [4.69, 9.17) is 9.47 Å². The molecule has 4 atom stereocenters. The number of esters is 2. The Labute approximate surface area is 170 Å². The zero-order valence-electron chi connectivity index (χ0n) is 16.4. The van der Waals surface area contributed by atoms with E-state index in [0.29, 0.717) is 5.56 Å². The fourth-order valence-corrected chi connectivity index (χ4v) is 4.90. The Morgan fingerprint density at radius 2 is 1.41 bits per heavy atom. The van der Waals surface area contributed by atoms with Crippen molar-refractivity contribution in [1.82, 2.24) is 0 Å². The van der Waals surface area contributed by atoms with E-state index in [1.165, 1.54) is 7.11 Å². The van der Waals surface area contributed by atoms with Crippen LogP contribution >= 0.6 is 0 Å². The van der Waals surface area contributed by atoms with E-state index in [9.17, 15) is 14.4 Å². The molecule has 4 rings (SSSR count). The minimum Gasteiger partial charge on any atom is -0.469 e. The molecular formula is C24H24O5. The lowest BCUT2D eigenvalue weighted by molar-refractivity contribution is -0.161. The maximum Gasteiger partial charge on any atom is 0.310 e. The highest BCUT2D eigenvalue weighted by molar-refractivity contribution is 5.98. The molecule has 0 amide bonds. The number of hydrogen-bond acceptors (Lipinski definition) is 5. The first-order valence-electron chi connectivity index (χ1n) is 10.0. The minimum absolute atomic E-state index is 0.150. The van der Waals surface area contributed by atoms with Gasteiger partial charge in [0.2, 0.25) is 0 Å². The monoisotopic (exact) mass is 392 g/mol. The van der Waals surface area contributed by atoms with Gasteiger partial charge >= 0.3 is 11.9 Å². The van der Waals surface area contributed by atoms with Crippen molar-refractivity contribution in [3.63, 3.8) is 0 Å². The lowest BCUT2D eigenvalue weighted by atomic mass is 9.79. The Kier molecular flexibility index (Phi) is 5.47. The molecule has 5 nitrogen and oxygen atoms in total. The standard InChI is InChI=1S/C24H24O5/c1-28-23(26)21-18-11-12-19(13-18)22(21)24(27)29-14-20(25)17-9-7-16(8-10-17)15-5-3-2-4-6-15/h2-10,18-19,21-22H,11-14H2,1H3. The van der Waals surface area contributed by atoms with Crippen molar-refractivity contribution in [1.29, 1.82) is 0 Å². The van der Waals surface area contributed by atoms with E-state index < -0.39 is 17.8 Å². The summed E-state index contributed by atoms with van der Waals surface area (Å²) in [5.41, 5.74) is 2.58. The van der Waals surface area contributed by atoms with Crippen LogP contribution < -0.4 is 0 Å². The predicted octanol–water partition coefficient (Wildman–Crippen LogP) is 3.91. The SMILES string of the molecule is COC(=O)C1C2CCC(C2)C1C(=O)OCC(=O)c1ccc(-c2ccccc2)cc1. The smallest absolute Gasteiger partial charge is 0.310 e. The van der Waals surface area contributed by atoms with Crippen LogP contribution in [0.4, 0.5) is 0 Å². The number of methoxy groups -OCH3 is 1. The summed E-state index contributed by atoms with van der Waals surface area (Å²) in [6, 6.07) is 17.1. The third-order valence-electron chi connectivity index (χ3n) is 6.32. The third-order valence-corrected chi connectivity index (χ3v) is 6.32. The quantitative estimate of drug-likeness (QED) is 0.551. The third kappa shape index (κ3) is 3.82. The molecule has 0 aliphatic heterocycles. The van der Waals surface area contributed by atoms with Crippen LogP contribution in [-0.4, -0.2) is 31.4 Å². The highest BCUT2D eigenvalue weighted by Gasteiger charge is 2.55. The minimum atomic E-state index is -0.491. The van der Waals surface area contributed by atoms with Crippen LogP contribution in [0.1, 0.15) is 29.6 Å². The van der Waals surface area contributed by atoms with Crippen molar-refractivity contribution >= 4 is 17.7 Å². The number of benzene rings is 2. The van der Waals surface area contributed by atoms with E-state index in [2.05, 4.69) is 0 Å². The second-order valence-electron chi connectivity index (χ2n) is 7.88. The summed E-state index contributed by atoms with van der Waals surface area (Å²) in [6.07, 6.45) is 2.72. The van der Waals surface area contributed by atoms with Crippen molar-refractivity contribution in [2.24, 2.45) is 23.7 Å².